The molecule has 2 aliphatic heterocycles. The van der Waals surface area contributed by atoms with E-state index in [0.717, 1.165) is 19.3 Å². The van der Waals surface area contributed by atoms with Gasteiger partial charge in [-0.3, -0.25) is 0 Å². The van der Waals surface area contributed by atoms with Crippen molar-refractivity contribution in [3.63, 3.8) is 0 Å². The van der Waals surface area contributed by atoms with Gasteiger partial charge >= 0.3 is 6.09 Å². The Hall–Kier alpha value is -1.55. The van der Waals surface area contributed by atoms with Crippen LogP contribution in [0.25, 0.3) is 0 Å². The first-order chi connectivity index (χ1) is 12.9. The molecule has 0 aliphatic carbocycles. The lowest BCUT2D eigenvalue weighted by molar-refractivity contribution is -0.0919. The molecular formula is C24H37NO3. The highest BCUT2D eigenvalue weighted by atomic mass is 16.6. The number of carbonyl (C=O) groups is 1. The van der Waals surface area contributed by atoms with E-state index in [1.54, 1.807) is 0 Å². The van der Waals surface area contributed by atoms with E-state index < -0.39 is 11.2 Å². The monoisotopic (exact) mass is 387 g/mol. The molecule has 28 heavy (non-hydrogen) atoms. The molecule has 2 heterocycles. The van der Waals surface area contributed by atoms with E-state index >= 15 is 0 Å². The topological polar surface area (TPSA) is 49.8 Å². The Morgan fingerprint density at radius 1 is 1.07 bits per heavy atom. The number of rotatable bonds is 2. The van der Waals surface area contributed by atoms with Crippen molar-refractivity contribution >= 4 is 6.09 Å². The lowest BCUT2D eigenvalue weighted by Crippen LogP contribution is -2.61. The molecule has 2 fully saturated rings. The van der Waals surface area contributed by atoms with Crippen molar-refractivity contribution in [3.8, 4) is 0 Å². The van der Waals surface area contributed by atoms with Crippen LogP contribution in [0.1, 0.15) is 84.8 Å². The number of hydrogen-bond donors (Lipinski definition) is 1. The lowest BCUT2D eigenvalue weighted by Gasteiger charge is -2.51. The van der Waals surface area contributed by atoms with E-state index in [0.29, 0.717) is 19.3 Å². The van der Waals surface area contributed by atoms with Crippen LogP contribution in [0.3, 0.4) is 0 Å². The molecule has 0 spiro atoms. The third-order valence-corrected chi connectivity index (χ3v) is 6.05. The van der Waals surface area contributed by atoms with Gasteiger partial charge in [0.2, 0.25) is 0 Å². The van der Waals surface area contributed by atoms with Crippen molar-refractivity contribution in [1.82, 2.24) is 4.90 Å². The normalized spacial score (nSPS) is 28.2. The molecule has 1 amide bonds. The van der Waals surface area contributed by atoms with Crippen molar-refractivity contribution in [1.29, 1.82) is 0 Å². The molecule has 2 unspecified atom stereocenters. The number of carbonyl (C=O) groups excluding carboxylic acids is 1. The summed E-state index contributed by atoms with van der Waals surface area (Å²) in [7, 11) is 0. The van der Waals surface area contributed by atoms with Gasteiger partial charge in [-0.2, -0.15) is 0 Å². The summed E-state index contributed by atoms with van der Waals surface area (Å²) >= 11 is 0. The Morgan fingerprint density at radius 3 is 2.07 bits per heavy atom. The standard InChI is InChI=1S/C24H37NO3/c1-22(2,3)18-12-10-17(11-13-18)14-24(27)15-19-8-7-9-20(16-24)25(19)21(26)28-23(4,5)6/h10-13,19-20,27H,7-9,14-16H2,1-6H3. The second kappa shape index (κ2) is 7.37. The fourth-order valence-electron chi connectivity index (χ4n) is 4.79. The molecule has 4 nitrogen and oxygen atoms in total. The van der Waals surface area contributed by atoms with Crippen LogP contribution in [-0.2, 0) is 16.6 Å². The summed E-state index contributed by atoms with van der Waals surface area (Å²) in [5.74, 6) is 0. The molecule has 1 N–H and O–H groups in total. The third kappa shape index (κ3) is 4.89. The number of ether oxygens (including phenoxy) is 1. The number of hydrogen-bond acceptors (Lipinski definition) is 3. The number of fused-ring (bicyclic) bond motifs is 2. The van der Waals surface area contributed by atoms with Crippen LogP contribution in [0.15, 0.2) is 24.3 Å². The summed E-state index contributed by atoms with van der Waals surface area (Å²) in [6, 6.07) is 8.79. The number of aliphatic hydroxyl groups is 1. The van der Waals surface area contributed by atoms with Gasteiger partial charge in [-0.25, -0.2) is 4.79 Å². The smallest absolute Gasteiger partial charge is 0.410 e. The number of nitrogens with zero attached hydrogens (tertiary/aromatic N) is 1. The van der Waals surface area contributed by atoms with Gasteiger partial charge in [0.05, 0.1) is 5.60 Å². The summed E-state index contributed by atoms with van der Waals surface area (Å²) in [4.78, 5) is 14.7. The molecule has 1 aromatic rings. The first-order valence-corrected chi connectivity index (χ1v) is 10.7. The van der Waals surface area contributed by atoms with E-state index in [1.165, 1.54) is 11.1 Å². The molecule has 2 atom stereocenters. The summed E-state index contributed by atoms with van der Waals surface area (Å²) < 4.78 is 5.65. The predicted molar refractivity (Wildman–Crippen MR) is 113 cm³/mol. The fraction of sp³-hybridized carbons (Fsp3) is 0.708. The quantitative estimate of drug-likeness (QED) is 0.758. The molecule has 2 aliphatic rings. The SMILES string of the molecule is CC(C)(C)OC(=O)N1C2CCCC1CC(O)(Cc1ccc(C(C)(C)C)cc1)C2. The molecule has 156 valence electrons. The molecule has 4 heteroatoms. The van der Waals surface area contributed by atoms with Gasteiger partial charge in [0.25, 0.3) is 0 Å². The minimum Gasteiger partial charge on any atom is -0.444 e. The second-order valence-electron chi connectivity index (χ2n) is 10.9. The van der Waals surface area contributed by atoms with Crippen LogP contribution in [-0.4, -0.2) is 39.4 Å². The molecule has 3 rings (SSSR count). The second-order valence-corrected chi connectivity index (χ2v) is 10.9. The Morgan fingerprint density at radius 2 is 1.61 bits per heavy atom. The Bertz CT molecular complexity index is 682. The molecule has 2 bridgehead atoms. The van der Waals surface area contributed by atoms with Crippen molar-refractivity contribution in [3.05, 3.63) is 35.4 Å². The number of amides is 1. The van der Waals surface area contributed by atoms with Crippen LogP contribution >= 0.6 is 0 Å². The summed E-state index contributed by atoms with van der Waals surface area (Å²) in [5.41, 5.74) is 1.36. The highest BCUT2D eigenvalue weighted by Gasteiger charge is 2.48. The van der Waals surface area contributed by atoms with Gasteiger partial charge in [-0.1, -0.05) is 45.0 Å². The van der Waals surface area contributed by atoms with E-state index in [4.69, 9.17) is 4.74 Å². The van der Waals surface area contributed by atoms with Crippen LogP contribution in [0.4, 0.5) is 4.79 Å². The highest BCUT2D eigenvalue weighted by molar-refractivity contribution is 5.69. The van der Waals surface area contributed by atoms with Crippen molar-refractivity contribution < 1.29 is 14.6 Å². The maximum atomic E-state index is 12.8. The van der Waals surface area contributed by atoms with Crippen molar-refractivity contribution in [2.45, 2.75) is 109 Å². The van der Waals surface area contributed by atoms with E-state index in [2.05, 4.69) is 45.0 Å². The van der Waals surface area contributed by atoms with Gasteiger partial charge in [-0.15, -0.1) is 0 Å². The largest absolute Gasteiger partial charge is 0.444 e. The summed E-state index contributed by atoms with van der Waals surface area (Å²) in [5, 5.41) is 11.4. The van der Waals surface area contributed by atoms with Crippen molar-refractivity contribution in [2.24, 2.45) is 0 Å². The maximum Gasteiger partial charge on any atom is 0.410 e. The predicted octanol–water partition coefficient (Wildman–Crippen LogP) is 5.21. The summed E-state index contributed by atoms with van der Waals surface area (Å²) in [6.45, 7) is 12.3. The van der Waals surface area contributed by atoms with Crippen LogP contribution in [0, 0.1) is 0 Å². The van der Waals surface area contributed by atoms with E-state index in [-0.39, 0.29) is 23.6 Å². The maximum absolute atomic E-state index is 12.8. The Balaban J connectivity index is 1.72. The first-order valence-electron chi connectivity index (χ1n) is 10.7. The fourth-order valence-corrected chi connectivity index (χ4v) is 4.79. The zero-order valence-corrected chi connectivity index (χ0v) is 18.4. The molecule has 0 radical (unpaired) electrons. The van der Waals surface area contributed by atoms with Gasteiger partial charge < -0.3 is 14.7 Å². The number of piperidine rings is 2. The van der Waals surface area contributed by atoms with Gasteiger partial charge in [0.1, 0.15) is 5.60 Å². The van der Waals surface area contributed by atoms with Crippen LogP contribution in [0.5, 0.6) is 0 Å². The molecule has 0 saturated carbocycles. The summed E-state index contributed by atoms with van der Waals surface area (Å²) in [6.07, 6.45) is 4.69. The molecular weight excluding hydrogens is 350 g/mol. The van der Waals surface area contributed by atoms with Crippen LogP contribution < -0.4 is 0 Å². The first kappa shape index (κ1) is 21.2. The highest BCUT2D eigenvalue weighted by Crippen LogP contribution is 2.41. The average molecular weight is 388 g/mol. The molecule has 1 aromatic carbocycles. The van der Waals surface area contributed by atoms with Gasteiger partial charge in [0, 0.05) is 18.5 Å². The Labute approximate surface area is 170 Å². The zero-order chi connectivity index (χ0) is 20.7. The van der Waals surface area contributed by atoms with Gasteiger partial charge in [0.15, 0.2) is 0 Å². The molecule has 2 saturated heterocycles. The zero-order valence-electron chi connectivity index (χ0n) is 18.4. The molecule has 0 aromatic heterocycles. The minimum atomic E-state index is -0.752. The van der Waals surface area contributed by atoms with Crippen molar-refractivity contribution in [2.75, 3.05) is 0 Å². The third-order valence-electron chi connectivity index (χ3n) is 6.05. The average Bonchev–Trinajstić information content (AvgIpc) is 2.51. The Kier molecular flexibility index (Phi) is 5.57. The number of benzene rings is 1. The van der Waals surface area contributed by atoms with E-state index in [9.17, 15) is 9.90 Å². The van der Waals surface area contributed by atoms with Crippen LogP contribution in [0.2, 0.25) is 0 Å². The lowest BCUT2D eigenvalue weighted by atomic mass is 9.73. The van der Waals surface area contributed by atoms with Gasteiger partial charge in [-0.05, 0) is 69.4 Å². The minimum absolute atomic E-state index is 0.0706. The van der Waals surface area contributed by atoms with E-state index in [1.807, 2.05) is 25.7 Å².